The van der Waals surface area contributed by atoms with Crippen molar-refractivity contribution in [1.82, 2.24) is 5.32 Å². The molecular formula is C21H25F3N2O. The number of aryl methyl sites for hydroxylation is 1. The van der Waals surface area contributed by atoms with E-state index >= 15 is 0 Å². The molecule has 0 aliphatic carbocycles. The van der Waals surface area contributed by atoms with Crippen LogP contribution >= 0.6 is 0 Å². The van der Waals surface area contributed by atoms with E-state index in [4.69, 9.17) is 0 Å². The van der Waals surface area contributed by atoms with Gasteiger partial charge in [-0.15, -0.1) is 0 Å². The summed E-state index contributed by atoms with van der Waals surface area (Å²) in [6.07, 6.45) is -2.67. The Labute approximate surface area is 158 Å². The molecule has 1 atom stereocenters. The minimum absolute atomic E-state index is 0.0126. The van der Waals surface area contributed by atoms with Crippen LogP contribution in [-0.4, -0.2) is 18.5 Å². The summed E-state index contributed by atoms with van der Waals surface area (Å²) in [6, 6.07) is 14.2. The lowest BCUT2D eigenvalue weighted by molar-refractivity contribution is -0.137. The summed E-state index contributed by atoms with van der Waals surface area (Å²) < 4.78 is 37.9. The summed E-state index contributed by atoms with van der Waals surface area (Å²) in [5.41, 5.74) is 0.996. The van der Waals surface area contributed by atoms with Gasteiger partial charge in [-0.1, -0.05) is 44.2 Å². The van der Waals surface area contributed by atoms with Gasteiger partial charge in [0.1, 0.15) is 6.04 Å². The van der Waals surface area contributed by atoms with Crippen LogP contribution in [0.5, 0.6) is 0 Å². The van der Waals surface area contributed by atoms with Crippen LogP contribution in [0.25, 0.3) is 0 Å². The minimum atomic E-state index is -4.37. The second kappa shape index (κ2) is 9.44. The van der Waals surface area contributed by atoms with Gasteiger partial charge in [0.2, 0.25) is 5.91 Å². The Morgan fingerprint density at radius 1 is 1.00 bits per heavy atom. The van der Waals surface area contributed by atoms with Gasteiger partial charge in [0.15, 0.2) is 0 Å². The molecule has 2 aromatic carbocycles. The van der Waals surface area contributed by atoms with Crippen molar-refractivity contribution in [2.45, 2.75) is 38.9 Å². The highest BCUT2D eigenvalue weighted by Gasteiger charge is 2.30. The number of hydrogen-bond donors (Lipinski definition) is 2. The van der Waals surface area contributed by atoms with Crippen molar-refractivity contribution in [3.63, 3.8) is 0 Å². The normalized spacial score (nSPS) is 12.7. The van der Waals surface area contributed by atoms with Gasteiger partial charge in [-0.3, -0.25) is 4.79 Å². The van der Waals surface area contributed by atoms with Crippen LogP contribution in [0.3, 0.4) is 0 Å². The zero-order valence-corrected chi connectivity index (χ0v) is 15.5. The second-order valence-electron chi connectivity index (χ2n) is 6.82. The first-order chi connectivity index (χ1) is 12.8. The summed E-state index contributed by atoms with van der Waals surface area (Å²) in [7, 11) is 0. The quantitative estimate of drug-likeness (QED) is 0.642. The Kier molecular flexibility index (Phi) is 7.28. The summed E-state index contributed by atoms with van der Waals surface area (Å²) >= 11 is 0. The molecule has 2 N–H and O–H groups in total. The molecule has 2 rings (SSSR count). The Bertz CT molecular complexity index is 712. The van der Waals surface area contributed by atoms with Crippen molar-refractivity contribution < 1.29 is 18.0 Å². The van der Waals surface area contributed by atoms with E-state index < -0.39 is 17.8 Å². The highest BCUT2D eigenvalue weighted by molar-refractivity contribution is 5.84. The topological polar surface area (TPSA) is 41.1 Å². The number of alkyl halides is 3. The molecule has 0 heterocycles. The molecule has 0 aliphatic rings. The fourth-order valence-corrected chi connectivity index (χ4v) is 2.73. The van der Waals surface area contributed by atoms with Crippen molar-refractivity contribution in [3.05, 3.63) is 65.7 Å². The highest BCUT2D eigenvalue weighted by atomic mass is 19.4. The van der Waals surface area contributed by atoms with Crippen molar-refractivity contribution in [3.8, 4) is 0 Å². The maximum absolute atomic E-state index is 12.6. The first kappa shape index (κ1) is 20.8. The Balaban J connectivity index is 1.87. The SMILES string of the molecule is CC(C)[C@@H](Nc1ccc(C(F)(F)F)cc1)C(=O)NCCCc1ccccc1. The van der Waals surface area contributed by atoms with Gasteiger partial charge in [0.25, 0.3) is 0 Å². The number of hydrogen-bond acceptors (Lipinski definition) is 2. The van der Waals surface area contributed by atoms with E-state index in [1.54, 1.807) is 0 Å². The van der Waals surface area contributed by atoms with Gasteiger partial charge in [-0.05, 0) is 48.6 Å². The number of amides is 1. The van der Waals surface area contributed by atoms with Gasteiger partial charge < -0.3 is 10.6 Å². The lowest BCUT2D eigenvalue weighted by atomic mass is 10.0. The molecule has 0 bridgehead atoms. The molecule has 0 spiro atoms. The molecule has 6 heteroatoms. The lowest BCUT2D eigenvalue weighted by Gasteiger charge is -2.23. The van der Waals surface area contributed by atoms with Crippen molar-refractivity contribution in [2.75, 3.05) is 11.9 Å². The monoisotopic (exact) mass is 378 g/mol. The van der Waals surface area contributed by atoms with Crippen molar-refractivity contribution in [2.24, 2.45) is 5.92 Å². The molecule has 0 saturated carbocycles. The molecule has 0 saturated heterocycles. The fraction of sp³-hybridized carbons (Fsp3) is 0.381. The predicted octanol–water partition coefficient (Wildman–Crippen LogP) is 4.89. The van der Waals surface area contributed by atoms with E-state index in [1.807, 2.05) is 44.2 Å². The van der Waals surface area contributed by atoms with Crippen LogP contribution in [-0.2, 0) is 17.4 Å². The van der Waals surface area contributed by atoms with Crippen LogP contribution in [0.4, 0.5) is 18.9 Å². The molecule has 0 aliphatic heterocycles. The van der Waals surface area contributed by atoms with Gasteiger partial charge >= 0.3 is 6.18 Å². The number of carbonyl (C=O) groups is 1. The number of anilines is 1. The number of benzene rings is 2. The number of nitrogens with one attached hydrogen (secondary N) is 2. The average molecular weight is 378 g/mol. The minimum Gasteiger partial charge on any atom is -0.373 e. The number of carbonyl (C=O) groups excluding carboxylic acids is 1. The van der Waals surface area contributed by atoms with Crippen LogP contribution in [0.15, 0.2) is 54.6 Å². The zero-order valence-electron chi connectivity index (χ0n) is 15.5. The fourth-order valence-electron chi connectivity index (χ4n) is 2.73. The van der Waals surface area contributed by atoms with E-state index in [-0.39, 0.29) is 11.8 Å². The molecule has 0 unspecified atom stereocenters. The first-order valence-electron chi connectivity index (χ1n) is 9.03. The zero-order chi connectivity index (χ0) is 19.9. The highest BCUT2D eigenvalue weighted by Crippen LogP contribution is 2.30. The Morgan fingerprint density at radius 2 is 1.63 bits per heavy atom. The van der Waals surface area contributed by atoms with Crippen LogP contribution in [0.2, 0.25) is 0 Å². The summed E-state index contributed by atoms with van der Waals surface area (Å²) in [6.45, 7) is 4.34. The molecule has 0 radical (unpaired) electrons. The second-order valence-corrected chi connectivity index (χ2v) is 6.82. The van der Waals surface area contributed by atoms with Crippen LogP contribution in [0, 0.1) is 5.92 Å². The third kappa shape index (κ3) is 6.62. The molecular weight excluding hydrogens is 353 g/mol. The van der Waals surface area contributed by atoms with Gasteiger partial charge in [-0.25, -0.2) is 0 Å². The van der Waals surface area contributed by atoms with Gasteiger partial charge in [-0.2, -0.15) is 13.2 Å². The molecule has 0 fully saturated rings. The van der Waals surface area contributed by atoms with Crippen LogP contribution < -0.4 is 10.6 Å². The van der Waals surface area contributed by atoms with E-state index in [0.717, 1.165) is 25.0 Å². The molecule has 27 heavy (non-hydrogen) atoms. The summed E-state index contributed by atoms with van der Waals surface area (Å²) in [5.74, 6) is -0.167. The third-order valence-corrected chi connectivity index (χ3v) is 4.27. The standard InChI is InChI=1S/C21H25F3N2O/c1-15(2)19(26-18-12-10-17(11-13-18)21(22,23)24)20(27)25-14-6-9-16-7-4-3-5-8-16/h3-5,7-8,10-13,15,19,26H,6,9,14H2,1-2H3,(H,25,27)/t19-/m1/s1. The lowest BCUT2D eigenvalue weighted by Crippen LogP contribution is -2.43. The summed E-state index contributed by atoms with van der Waals surface area (Å²) in [4.78, 5) is 12.5. The molecule has 2 aromatic rings. The van der Waals surface area contributed by atoms with Gasteiger partial charge in [0.05, 0.1) is 5.56 Å². The maximum Gasteiger partial charge on any atom is 0.416 e. The van der Waals surface area contributed by atoms with Crippen LogP contribution in [0.1, 0.15) is 31.4 Å². The van der Waals surface area contributed by atoms with E-state index in [1.165, 1.54) is 17.7 Å². The molecule has 146 valence electrons. The molecule has 0 aromatic heterocycles. The Morgan fingerprint density at radius 3 is 2.19 bits per heavy atom. The average Bonchev–Trinajstić information content (AvgIpc) is 2.63. The predicted molar refractivity (Wildman–Crippen MR) is 101 cm³/mol. The van der Waals surface area contributed by atoms with E-state index in [9.17, 15) is 18.0 Å². The van der Waals surface area contributed by atoms with E-state index in [2.05, 4.69) is 10.6 Å². The smallest absolute Gasteiger partial charge is 0.373 e. The van der Waals surface area contributed by atoms with Crippen molar-refractivity contribution in [1.29, 1.82) is 0 Å². The van der Waals surface area contributed by atoms with Gasteiger partial charge in [0, 0.05) is 12.2 Å². The Hall–Kier alpha value is -2.50. The first-order valence-corrected chi connectivity index (χ1v) is 9.03. The van der Waals surface area contributed by atoms with E-state index in [0.29, 0.717) is 12.2 Å². The summed E-state index contributed by atoms with van der Waals surface area (Å²) in [5, 5.41) is 5.94. The molecule has 1 amide bonds. The third-order valence-electron chi connectivity index (χ3n) is 4.27. The number of halogens is 3. The maximum atomic E-state index is 12.6. The largest absolute Gasteiger partial charge is 0.416 e. The molecule has 3 nitrogen and oxygen atoms in total. The number of rotatable bonds is 8. The van der Waals surface area contributed by atoms with Crippen molar-refractivity contribution >= 4 is 11.6 Å².